The molecule has 1 aromatic carbocycles. The summed E-state index contributed by atoms with van der Waals surface area (Å²) < 4.78 is 25.5. The van der Waals surface area contributed by atoms with Crippen molar-refractivity contribution in [3.63, 3.8) is 0 Å². The molecule has 0 saturated carbocycles. The lowest BCUT2D eigenvalue weighted by atomic mass is 10.3. The fourth-order valence-electron chi connectivity index (χ4n) is 0.853. The van der Waals surface area contributed by atoms with Crippen LogP contribution in [0.3, 0.4) is 0 Å². The lowest BCUT2D eigenvalue weighted by Gasteiger charge is -2.01. The van der Waals surface area contributed by atoms with Crippen molar-refractivity contribution in [3.8, 4) is 0 Å². The molecule has 0 aliphatic rings. The zero-order valence-electron chi connectivity index (χ0n) is 7.72. The van der Waals surface area contributed by atoms with Crippen LogP contribution in [-0.4, -0.2) is 11.5 Å². The van der Waals surface area contributed by atoms with Gasteiger partial charge >= 0.3 is 0 Å². The Bertz CT molecular complexity index is 339. The monoisotopic (exact) mass is 216 g/mol. The first-order valence-corrected chi connectivity index (χ1v) is 5.21. The number of hydrogen-bond acceptors (Lipinski definition) is 2. The van der Waals surface area contributed by atoms with Crippen molar-refractivity contribution in [2.24, 2.45) is 0 Å². The molecule has 0 radical (unpaired) electrons. The number of Topliss-reactive ketones (excluding diaryl/α,β-unsaturated/α-hetero) is 1. The molecule has 0 unspecified atom stereocenters. The van der Waals surface area contributed by atoms with Crippen LogP contribution in [-0.2, 0) is 4.79 Å². The fourth-order valence-corrected chi connectivity index (χ4v) is 1.73. The van der Waals surface area contributed by atoms with Crippen LogP contribution >= 0.6 is 11.8 Å². The molecule has 14 heavy (non-hydrogen) atoms. The number of halogens is 2. The predicted molar refractivity (Wildman–Crippen MR) is 52.4 cm³/mol. The van der Waals surface area contributed by atoms with Crippen molar-refractivity contribution in [1.29, 1.82) is 0 Å². The number of carbonyl (C=O) groups is 1. The number of benzene rings is 1. The second kappa shape index (κ2) is 5.10. The highest BCUT2D eigenvalue weighted by atomic mass is 32.2. The van der Waals surface area contributed by atoms with Crippen LogP contribution in [0.4, 0.5) is 8.78 Å². The van der Waals surface area contributed by atoms with Gasteiger partial charge in [-0.3, -0.25) is 4.79 Å². The summed E-state index contributed by atoms with van der Waals surface area (Å²) in [4.78, 5) is 11.3. The van der Waals surface area contributed by atoms with Gasteiger partial charge in [0.1, 0.15) is 17.4 Å². The third-order valence-corrected chi connectivity index (χ3v) is 2.79. The van der Waals surface area contributed by atoms with E-state index in [1.165, 1.54) is 12.1 Å². The summed E-state index contributed by atoms with van der Waals surface area (Å²) >= 11 is 1.10. The molecule has 0 heterocycles. The van der Waals surface area contributed by atoms with Gasteiger partial charge in [0.15, 0.2) is 0 Å². The zero-order chi connectivity index (χ0) is 10.6. The van der Waals surface area contributed by atoms with Gasteiger partial charge in [-0.1, -0.05) is 6.92 Å². The highest BCUT2D eigenvalue weighted by Crippen LogP contribution is 2.22. The van der Waals surface area contributed by atoms with E-state index in [-0.39, 0.29) is 11.5 Å². The van der Waals surface area contributed by atoms with Crippen molar-refractivity contribution in [3.05, 3.63) is 29.8 Å². The normalized spacial score (nSPS) is 10.2. The van der Waals surface area contributed by atoms with Gasteiger partial charge in [-0.2, -0.15) is 0 Å². The van der Waals surface area contributed by atoms with Crippen molar-refractivity contribution in [1.82, 2.24) is 0 Å². The van der Waals surface area contributed by atoms with E-state index in [1.54, 1.807) is 6.92 Å². The third kappa shape index (κ3) is 3.10. The summed E-state index contributed by atoms with van der Waals surface area (Å²) in [5, 5.41) is 0. The van der Waals surface area contributed by atoms with Crippen molar-refractivity contribution >= 4 is 17.5 Å². The molecule has 1 rings (SSSR count). The molecule has 0 spiro atoms. The van der Waals surface area contributed by atoms with Crippen LogP contribution in [0, 0.1) is 11.6 Å². The Morgan fingerprint density at radius 3 is 2.71 bits per heavy atom. The standard InChI is InChI=1S/C10H10F2OS/c1-2-8(13)6-14-10-4-3-7(11)5-9(10)12/h3-5H,2,6H2,1H3. The van der Waals surface area contributed by atoms with Gasteiger partial charge in [-0.05, 0) is 12.1 Å². The molecule has 0 bridgehead atoms. The van der Waals surface area contributed by atoms with Gasteiger partial charge < -0.3 is 0 Å². The zero-order valence-corrected chi connectivity index (χ0v) is 8.54. The van der Waals surface area contributed by atoms with Gasteiger partial charge in [0.25, 0.3) is 0 Å². The van der Waals surface area contributed by atoms with Gasteiger partial charge in [0, 0.05) is 17.4 Å². The molecule has 0 N–H and O–H groups in total. The summed E-state index contributed by atoms with van der Waals surface area (Å²) in [6.45, 7) is 1.75. The molecule has 1 aromatic rings. The van der Waals surface area contributed by atoms with Crippen LogP contribution in [0.15, 0.2) is 23.1 Å². The predicted octanol–water partition coefficient (Wildman–Crippen LogP) is 3.04. The fraction of sp³-hybridized carbons (Fsp3) is 0.300. The Kier molecular flexibility index (Phi) is 4.07. The Morgan fingerprint density at radius 2 is 2.14 bits per heavy atom. The number of hydrogen-bond donors (Lipinski definition) is 0. The lowest BCUT2D eigenvalue weighted by Crippen LogP contribution is -1.98. The van der Waals surface area contributed by atoms with E-state index < -0.39 is 11.6 Å². The summed E-state index contributed by atoms with van der Waals surface area (Å²) in [5.41, 5.74) is 0. The highest BCUT2D eigenvalue weighted by Gasteiger charge is 2.06. The minimum Gasteiger partial charge on any atom is -0.299 e. The highest BCUT2D eigenvalue weighted by molar-refractivity contribution is 8.00. The SMILES string of the molecule is CCC(=O)CSc1ccc(F)cc1F. The topological polar surface area (TPSA) is 17.1 Å². The van der Waals surface area contributed by atoms with Crippen molar-refractivity contribution in [2.75, 3.05) is 5.75 Å². The Hall–Kier alpha value is -0.900. The van der Waals surface area contributed by atoms with E-state index >= 15 is 0 Å². The molecule has 0 amide bonds. The third-order valence-electron chi connectivity index (χ3n) is 1.68. The summed E-state index contributed by atoms with van der Waals surface area (Å²) in [6, 6.07) is 3.35. The van der Waals surface area contributed by atoms with Gasteiger partial charge in [0.2, 0.25) is 0 Å². The maximum absolute atomic E-state index is 13.0. The molecule has 0 saturated heterocycles. The largest absolute Gasteiger partial charge is 0.299 e. The van der Waals surface area contributed by atoms with E-state index in [9.17, 15) is 13.6 Å². The molecule has 0 aliphatic carbocycles. The molecule has 0 aromatic heterocycles. The van der Waals surface area contributed by atoms with Gasteiger partial charge in [0.05, 0.1) is 5.75 Å². The summed E-state index contributed by atoms with van der Waals surface area (Å²) in [6.07, 6.45) is 0.440. The number of rotatable bonds is 4. The van der Waals surface area contributed by atoms with Crippen LogP contribution in [0.25, 0.3) is 0 Å². The van der Waals surface area contributed by atoms with E-state index in [0.717, 1.165) is 17.8 Å². The van der Waals surface area contributed by atoms with E-state index in [0.29, 0.717) is 11.3 Å². The first-order valence-electron chi connectivity index (χ1n) is 4.23. The number of thioether (sulfide) groups is 1. The molecule has 0 aliphatic heterocycles. The first kappa shape index (κ1) is 11.2. The van der Waals surface area contributed by atoms with Gasteiger partial charge in [-0.25, -0.2) is 8.78 Å². The van der Waals surface area contributed by atoms with Crippen LogP contribution in [0.5, 0.6) is 0 Å². The molecule has 0 fully saturated rings. The first-order chi connectivity index (χ1) is 6.63. The minimum absolute atomic E-state index is 0.0544. The Labute approximate surface area is 85.5 Å². The smallest absolute Gasteiger partial charge is 0.142 e. The molecular weight excluding hydrogens is 206 g/mol. The molecule has 4 heteroatoms. The lowest BCUT2D eigenvalue weighted by molar-refractivity contribution is -0.116. The van der Waals surface area contributed by atoms with Crippen molar-refractivity contribution in [2.45, 2.75) is 18.2 Å². The van der Waals surface area contributed by atoms with Crippen molar-refractivity contribution < 1.29 is 13.6 Å². The Balaban J connectivity index is 2.63. The number of ketones is 1. The maximum atomic E-state index is 13.0. The quantitative estimate of drug-likeness (QED) is 0.719. The number of carbonyl (C=O) groups excluding carboxylic acids is 1. The molecule has 76 valence electrons. The average Bonchev–Trinajstić information content (AvgIpc) is 2.16. The summed E-state index contributed by atoms with van der Waals surface area (Å²) in [5.74, 6) is -0.926. The minimum atomic E-state index is -0.612. The van der Waals surface area contributed by atoms with E-state index in [1.807, 2.05) is 0 Å². The second-order valence-corrected chi connectivity index (χ2v) is 3.77. The average molecular weight is 216 g/mol. The maximum Gasteiger partial charge on any atom is 0.142 e. The molecule has 1 nitrogen and oxygen atoms in total. The van der Waals surface area contributed by atoms with Crippen LogP contribution in [0.2, 0.25) is 0 Å². The van der Waals surface area contributed by atoms with E-state index in [2.05, 4.69) is 0 Å². The Morgan fingerprint density at radius 1 is 1.43 bits per heavy atom. The molecular formula is C10H10F2OS. The van der Waals surface area contributed by atoms with Gasteiger partial charge in [-0.15, -0.1) is 11.8 Å². The van der Waals surface area contributed by atoms with Crippen LogP contribution < -0.4 is 0 Å². The van der Waals surface area contributed by atoms with E-state index in [4.69, 9.17) is 0 Å². The summed E-state index contributed by atoms with van der Waals surface area (Å²) in [7, 11) is 0. The van der Waals surface area contributed by atoms with Crippen LogP contribution in [0.1, 0.15) is 13.3 Å². The second-order valence-electron chi connectivity index (χ2n) is 2.76. The molecule has 0 atom stereocenters.